The van der Waals surface area contributed by atoms with E-state index in [0.29, 0.717) is 15.9 Å². The van der Waals surface area contributed by atoms with Crippen LogP contribution >= 0.6 is 55.1 Å². The molecule has 6 aromatic rings. The number of methoxy groups -OCH3 is 4. The van der Waals surface area contributed by atoms with Gasteiger partial charge in [0.05, 0.1) is 28.4 Å². The lowest BCUT2D eigenvalue weighted by Crippen LogP contribution is -2.17. The summed E-state index contributed by atoms with van der Waals surface area (Å²) in [5.74, 6) is -3.29. The molecule has 4 N–H and O–H groups in total. The molecule has 0 aliphatic heterocycles. The number of carbonyl (C=O) groups is 2. The SMILES string of the molecule is COc1cc(OC(F)(F)F)ccc1Oc1cc(Cl)cc(OC)c1C(=O)Nc1cc(Br)ncc1C.COc1cc(OC(F)(F)F)ccc1Oc1cc(Cl)cc(OC)c1C(=O)O.Cc1cnc(Br)cc1N. The number of benzene rings is 4. The molecule has 0 radical (unpaired) electrons. The predicted octanol–water partition coefficient (Wildman–Crippen LogP) is 13.2. The molecule has 0 saturated carbocycles. The maximum absolute atomic E-state index is 13.2. The zero-order chi connectivity index (χ0) is 51.4. The number of aromatic nitrogens is 2. The number of nitrogen functional groups attached to an aromatic ring is 1. The van der Waals surface area contributed by atoms with Gasteiger partial charge in [0.25, 0.3) is 5.91 Å². The van der Waals surface area contributed by atoms with E-state index in [0.717, 1.165) is 46.2 Å². The van der Waals surface area contributed by atoms with Crippen LogP contribution < -0.4 is 48.9 Å². The van der Waals surface area contributed by atoms with Crippen molar-refractivity contribution in [1.82, 2.24) is 9.97 Å². The quantitative estimate of drug-likeness (QED) is 0.0731. The number of rotatable bonds is 13. The van der Waals surface area contributed by atoms with Crippen molar-refractivity contribution in [2.45, 2.75) is 26.6 Å². The molecular formula is C44H36Br2Cl2F6N4O11. The molecule has 6 rings (SSSR count). The fourth-order valence-corrected chi connectivity index (χ4v) is 6.54. The smallest absolute Gasteiger partial charge is 0.496 e. The number of carboxylic acid groups (broad SMARTS) is 1. The number of hydrogen-bond donors (Lipinski definition) is 3. The van der Waals surface area contributed by atoms with Gasteiger partial charge in [-0.05, 0) is 105 Å². The van der Waals surface area contributed by atoms with E-state index >= 15 is 0 Å². The molecule has 0 aliphatic rings. The molecule has 0 fully saturated rings. The van der Waals surface area contributed by atoms with Gasteiger partial charge >= 0.3 is 18.7 Å². The average Bonchev–Trinajstić information content (AvgIpc) is 3.26. The Bertz CT molecular complexity index is 2810. The minimum Gasteiger partial charge on any atom is -0.496 e. The van der Waals surface area contributed by atoms with Crippen molar-refractivity contribution in [2.24, 2.45) is 0 Å². The monoisotopic (exact) mass is 1140 g/mol. The van der Waals surface area contributed by atoms with Crippen LogP contribution in [0.3, 0.4) is 0 Å². The van der Waals surface area contributed by atoms with Gasteiger partial charge in [0.1, 0.15) is 54.8 Å². The summed E-state index contributed by atoms with van der Waals surface area (Å²) >= 11 is 18.5. The van der Waals surface area contributed by atoms with Gasteiger partial charge in [0.2, 0.25) is 0 Å². The van der Waals surface area contributed by atoms with Gasteiger partial charge in [-0.1, -0.05) is 23.2 Å². The van der Waals surface area contributed by atoms with Gasteiger partial charge in [-0.3, -0.25) is 4.79 Å². The molecule has 2 aromatic heterocycles. The van der Waals surface area contributed by atoms with Crippen molar-refractivity contribution in [3.63, 3.8) is 0 Å². The minimum absolute atomic E-state index is 0.00286. The highest BCUT2D eigenvalue weighted by Crippen LogP contribution is 2.43. The van der Waals surface area contributed by atoms with Gasteiger partial charge in [-0.15, -0.1) is 26.3 Å². The summed E-state index contributed by atoms with van der Waals surface area (Å²) < 4.78 is 115. The van der Waals surface area contributed by atoms with E-state index in [1.165, 1.54) is 58.8 Å². The molecule has 0 saturated heterocycles. The number of alkyl halides is 6. The van der Waals surface area contributed by atoms with Gasteiger partial charge in [-0.25, -0.2) is 14.8 Å². The summed E-state index contributed by atoms with van der Waals surface area (Å²) in [5, 5.41) is 12.5. The van der Waals surface area contributed by atoms with Gasteiger partial charge in [0, 0.05) is 58.1 Å². The lowest BCUT2D eigenvalue weighted by molar-refractivity contribution is -0.275. The first-order chi connectivity index (χ1) is 32.3. The third kappa shape index (κ3) is 16.3. The van der Waals surface area contributed by atoms with Crippen molar-refractivity contribution >= 4 is 78.3 Å². The van der Waals surface area contributed by atoms with Crippen LogP contribution in [0, 0.1) is 13.8 Å². The number of anilines is 2. The number of ether oxygens (including phenoxy) is 8. The highest BCUT2D eigenvalue weighted by molar-refractivity contribution is 9.10. The third-order valence-electron chi connectivity index (χ3n) is 8.55. The van der Waals surface area contributed by atoms with Gasteiger partial charge < -0.3 is 54.1 Å². The Morgan fingerprint density at radius 2 is 1.00 bits per heavy atom. The number of pyridine rings is 2. The van der Waals surface area contributed by atoms with Crippen molar-refractivity contribution < 1.29 is 78.9 Å². The van der Waals surface area contributed by atoms with Crippen LogP contribution in [0.2, 0.25) is 10.0 Å². The zero-order valence-electron chi connectivity index (χ0n) is 36.4. The predicted molar refractivity (Wildman–Crippen MR) is 248 cm³/mol. The standard InChI is InChI=1S/C22H17BrClF3N2O5.C16H12ClF3O6.C6H7BrN2/c1-11-10-28-19(23)9-14(11)29-21(30)20-17(32-3)6-12(24)7-18(20)33-15-5-4-13(8-16(15)31-2)34-22(25,26)27;1-23-11-7-9(26-16(18,19)20)3-4-10(11)25-13-6-8(17)5-12(24-2)14(13)15(21)22;1-4-3-9-6(7)2-5(4)8/h4-10H,1-3H3,(H,28,29,30);3-7H,1-2H3,(H,21,22);2-3H,1H3,(H2,8,9). The molecule has 4 aromatic carbocycles. The molecule has 0 bridgehead atoms. The summed E-state index contributed by atoms with van der Waals surface area (Å²) in [4.78, 5) is 32.8. The molecule has 0 unspecified atom stereocenters. The summed E-state index contributed by atoms with van der Waals surface area (Å²) in [6, 6.07) is 15.1. The van der Waals surface area contributed by atoms with Crippen LogP contribution in [-0.2, 0) is 0 Å². The van der Waals surface area contributed by atoms with Crippen LogP contribution in [0.25, 0.3) is 0 Å². The molecule has 1 amide bonds. The Hall–Kier alpha value is -6.56. The summed E-state index contributed by atoms with van der Waals surface area (Å²) in [5.41, 5.74) is 8.21. The summed E-state index contributed by atoms with van der Waals surface area (Å²) in [7, 11) is 5.06. The number of nitrogens with one attached hydrogen (secondary N) is 1. The van der Waals surface area contributed by atoms with Crippen molar-refractivity contribution in [2.75, 3.05) is 39.5 Å². The van der Waals surface area contributed by atoms with Crippen LogP contribution in [0.4, 0.5) is 37.7 Å². The lowest BCUT2D eigenvalue weighted by Gasteiger charge is -2.18. The topological polar surface area (TPSA) is 192 Å². The number of nitrogens with two attached hydrogens (primary N) is 1. The van der Waals surface area contributed by atoms with E-state index in [1.807, 2.05) is 6.92 Å². The van der Waals surface area contributed by atoms with E-state index in [4.69, 9.17) is 57.4 Å². The number of carbonyl (C=O) groups excluding carboxylic acids is 1. The van der Waals surface area contributed by atoms with E-state index in [1.54, 1.807) is 31.5 Å². The largest absolute Gasteiger partial charge is 0.573 e. The highest BCUT2D eigenvalue weighted by Gasteiger charge is 2.33. The van der Waals surface area contributed by atoms with Gasteiger partial charge in [-0.2, -0.15) is 0 Å². The molecule has 368 valence electrons. The second-order valence-corrected chi connectivity index (χ2v) is 15.8. The summed E-state index contributed by atoms with van der Waals surface area (Å²) in [6.07, 6.45) is -6.44. The van der Waals surface area contributed by atoms with Gasteiger partial charge in [0.15, 0.2) is 23.0 Å². The maximum atomic E-state index is 13.2. The number of hydrogen-bond acceptors (Lipinski definition) is 13. The van der Waals surface area contributed by atoms with E-state index in [-0.39, 0.29) is 67.2 Å². The number of carboxylic acids is 1. The molecule has 0 spiro atoms. The van der Waals surface area contributed by atoms with Crippen molar-refractivity contribution in [3.8, 4) is 57.5 Å². The number of aromatic carboxylic acids is 1. The molecule has 0 atom stereocenters. The van der Waals surface area contributed by atoms with Crippen LogP contribution in [0.15, 0.2) is 94.4 Å². The molecule has 15 nitrogen and oxygen atoms in total. The van der Waals surface area contributed by atoms with E-state index in [9.17, 15) is 41.0 Å². The first kappa shape index (κ1) is 55.0. The third-order valence-corrected chi connectivity index (χ3v) is 9.85. The van der Waals surface area contributed by atoms with Crippen LogP contribution in [0.1, 0.15) is 31.8 Å². The Morgan fingerprint density at radius 1 is 0.594 bits per heavy atom. The van der Waals surface area contributed by atoms with E-state index < -0.39 is 36.1 Å². The normalized spacial score (nSPS) is 10.8. The second kappa shape index (κ2) is 24.1. The molecule has 69 heavy (non-hydrogen) atoms. The fourth-order valence-electron chi connectivity index (χ4n) is 5.46. The number of halogens is 10. The maximum Gasteiger partial charge on any atom is 0.573 e. The van der Waals surface area contributed by atoms with Crippen molar-refractivity contribution in [3.05, 3.63) is 127 Å². The average molecular weight is 1140 g/mol. The molecule has 2 heterocycles. The summed E-state index contributed by atoms with van der Waals surface area (Å²) in [6.45, 7) is 3.69. The lowest BCUT2D eigenvalue weighted by atomic mass is 10.1. The van der Waals surface area contributed by atoms with Crippen LogP contribution in [-0.4, -0.2) is 68.1 Å². The first-order valence-corrected chi connectivity index (χ1v) is 21.2. The Kier molecular flexibility index (Phi) is 19.2. The van der Waals surface area contributed by atoms with E-state index in [2.05, 4.69) is 56.6 Å². The Labute approximate surface area is 415 Å². The minimum atomic E-state index is -4.88. The molecule has 0 aliphatic carbocycles. The first-order valence-electron chi connectivity index (χ1n) is 18.9. The Balaban J connectivity index is 0.000000260. The van der Waals surface area contributed by atoms with Crippen molar-refractivity contribution in [1.29, 1.82) is 0 Å². The number of aryl methyl sites for hydroxylation is 2. The zero-order valence-corrected chi connectivity index (χ0v) is 41.0. The highest BCUT2D eigenvalue weighted by atomic mass is 79.9. The number of nitrogens with zero attached hydrogens (tertiary/aromatic N) is 2. The van der Waals surface area contributed by atoms with Crippen LogP contribution in [0.5, 0.6) is 57.5 Å². The Morgan fingerprint density at radius 3 is 1.41 bits per heavy atom. The number of amides is 1. The fraction of sp³-hybridized carbons (Fsp3) is 0.182. The molecule has 25 heteroatoms. The second-order valence-electron chi connectivity index (χ2n) is 13.3. The molecular weight excluding hydrogens is 1110 g/mol.